The van der Waals surface area contributed by atoms with Crippen molar-refractivity contribution in [3.05, 3.63) is 36.5 Å². The highest BCUT2D eigenvalue weighted by atomic mass is 16.5. The van der Waals surface area contributed by atoms with Crippen LogP contribution in [0.25, 0.3) is 0 Å². The van der Waals surface area contributed by atoms with E-state index in [1.165, 1.54) is 0 Å². The Labute approximate surface area is 247 Å². The number of hydrogen-bond donors (Lipinski definition) is 0. The van der Waals surface area contributed by atoms with Crippen molar-refractivity contribution in [2.24, 2.45) is 0 Å². The summed E-state index contributed by atoms with van der Waals surface area (Å²) in [5.74, 6) is -0.755. The molecule has 0 rings (SSSR count). The van der Waals surface area contributed by atoms with Crippen LogP contribution in [0, 0.1) is 0 Å². The number of allylic oxidation sites excluding steroid dienone is 3. The van der Waals surface area contributed by atoms with E-state index in [0.717, 1.165) is 45.3 Å². The zero-order valence-electron chi connectivity index (χ0n) is 25.8. The molecule has 0 spiro atoms. The monoisotopic (exact) mass is 579 g/mol. The van der Waals surface area contributed by atoms with Gasteiger partial charge in [-0.1, -0.05) is 36.5 Å². The van der Waals surface area contributed by atoms with Crippen LogP contribution in [0.1, 0.15) is 59.3 Å². The second kappa shape index (κ2) is 27.4. The molecule has 0 aliphatic rings. The van der Waals surface area contributed by atoms with Crippen LogP contribution in [0.2, 0.25) is 0 Å². The van der Waals surface area contributed by atoms with Gasteiger partial charge in [-0.05, 0) is 66.8 Å². The van der Waals surface area contributed by atoms with Crippen molar-refractivity contribution in [1.29, 1.82) is 0 Å². The van der Waals surface area contributed by atoms with Gasteiger partial charge in [0, 0.05) is 32.6 Å². The van der Waals surface area contributed by atoms with Crippen molar-refractivity contribution < 1.29 is 33.4 Å². The smallest absolute Gasteiger partial charge is 0.307 e. The Balaban J connectivity index is 4.58. The first kappa shape index (κ1) is 38.2. The second-order valence-corrected chi connectivity index (χ2v) is 9.66. The van der Waals surface area contributed by atoms with Crippen LogP contribution in [0.3, 0.4) is 0 Å². The van der Waals surface area contributed by atoms with E-state index < -0.39 is 0 Å². The van der Waals surface area contributed by atoms with Crippen LogP contribution >= 0.6 is 0 Å². The fourth-order valence-corrected chi connectivity index (χ4v) is 3.82. The Bertz CT molecular complexity index is 767. The van der Waals surface area contributed by atoms with Crippen molar-refractivity contribution in [2.45, 2.75) is 59.3 Å². The van der Waals surface area contributed by atoms with E-state index in [-0.39, 0.29) is 50.6 Å². The van der Waals surface area contributed by atoms with E-state index in [9.17, 15) is 19.2 Å². The standard InChI is InChI=1S/C31H53N3O7/c1-5-8-26-39-29(36)14-22-33(21-13-25-35)19-11-17-32(4)18-12-20-34(23-15-30(37)40-27-9-6-2)24-16-31(38)41-28-10-7-3/h5-10,25H,11-24,26-28H2,1-4H3/b8-5-,9-6-,10-7-. The molecule has 0 aromatic rings. The summed E-state index contributed by atoms with van der Waals surface area (Å²) in [4.78, 5) is 53.4. The van der Waals surface area contributed by atoms with Crippen LogP contribution in [0.15, 0.2) is 36.5 Å². The lowest BCUT2D eigenvalue weighted by Gasteiger charge is -2.25. The third-order valence-electron chi connectivity index (χ3n) is 6.22. The number of aldehydes is 1. The molecule has 0 fully saturated rings. The molecule has 0 aliphatic carbocycles. The number of carbonyl (C=O) groups is 4. The first-order valence-electron chi connectivity index (χ1n) is 14.7. The van der Waals surface area contributed by atoms with Gasteiger partial charge in [0.25, 0.3) is 0 Å². The molecule has 41 heavy (non-hydrogen) atoms. The van der Waals surface area contributed by atoms with Crippen molar-refractivity contribution >= 4 is 24.2 Å². The third-order valence-corrected chi connectivity index (χ3v) is 6.22. The summed E-state index contributed by atoms with van der Waals surface area (Å²) in [5, 5.41) is 0. The van der Waals surface area contributed by atoms with Gasteiger partial charge in [0.05, 0.1) is 19.3 Å². The van der Waals surface area contributed by atoms with Gasteiger partial charge >= 0.3 is 17.9 Å². The molecule has 0 bridgehead atoms. The van der Waals surface area contributed by atoms with E-state index in [2.05, 4.69) is 21.7 Å². The Morgan fingerprint density at radius 2 is 0.927 bits per heavy atom. The maximum atomic E-state index is 12.1. The van der Waals surface area contributed by atoms with Gasteiger partial charge in [-0.3, -0.25) is 14.4 Å². The maximum absolute atomic E-state index is 12.1. The van der Waals surface area contributed by atoms with E-state index in [1.807, 2.05) is 39.0 Å². The summed E-state index contributed by atoms with van der Waals surface area (Å²) in [6.07, 6.45) is 14.8. The van der Waals surface area contributed by atoms with Crippen molar-refractivity contribution in [3.63, 3.8) is 0 Å². The quantitative estimate of drug-likeness (QED) is 0.0655. The van der Waals surface area contributed by atoms with Gasteiger partial charge in [0.15, 0.2) is 0 Å². The minimum Gasteiger partial charge on any atom is -0.461 e. The zero-order chi connectivity index (χ0) is 30.6. The minimum atomic E-state index is -0.258. The number of hydrogen-bond acceptors (Lipinski definition) is 10. The Morgan fingerprint density at radius 3 is 1.27 bits per heavy atom. The molecule has 0 amide bonds. The lowest BCUT2D eigenvalue weighted by Crippen LogP contribution is -2.34. The molecule has 0 aliphatic heterocycles. The van der Waals surface area contributed by atoms with E-state index >= 15 is 0 Å². The van der Waals surface area contributed by atoms with Crippen LogP contribution in [0.5, 0.6) is 0 Å². The Morgan fingerprint density at radius 1 is 0.561 bits per heavy atom. The molecule has 0 heterocycles. The van der Waals surface area contributed by atoms with Crippen LogP contribution in [-0.2, 0) is 33.4 Å². The van der Waals surface area contributed by atoms with Crippen LogP contribution in [0.4, 0.5) is 0 Å². The van der Waals surface area contributed by atoms with Crippen LogP contribution < -0.4 is 0 Å². The summed E-state index contributed by atoms with van der Waals surface area (Å²) in [6, 6.07) is 0. The topological polar surface area (TPSA) is 106 Å². The van der Waals surface area contributed by atoms with Gasteiger partial charge in [-0.25, -0.2) is 0 Å². The molecule has 0 aromatic heterocycles. The minimum absolute atomic E-state index is 0.238. The van der Waals surface area contributed by atoms with E-state index in [4.69, 9.17) is 14.2 Å². The average Bonchev–Trinajstić information content (AvgIpc) is 2.95. The molecule has 0 saturated heterocycles. The second-order valence-electron chi connectivity index (χ2n) is 9.66. The zero-order valence-corrected chi connectivity index (χ0v) is 25.8. The molecule has 0 unspecified atom stereocenters. The molecule has 10 heteroatoms. The normalized spacial score (nSPS) is 11.9. The van der Waals surface area contributed by atoms with Crippen LogP contribution in [-0.4, -0.2) is 118 Å². The van der Waals surface area contributed by atoms with Gasteiger partial charge in [-0.2, -0.15) is 0 Å². The lowest BCUT2D eigenvalue weighted by atomic mass is 10.2. The first-order chi connectivity index (χ1) is 19.9. The third kappa shape index (κ3) is 24.7. The molecule has 0 aromatic carbocycles. The lowest BCUT2D eigenvalue weighted by molar-refractivity contribution is -0.144. The van der Waals surface area contributed by atoms with Crippen molar-refractivity contribution in [3.8, 4) is 0 Å². The number of ether oxygens (including phenoxy) is 3. The number of nitrogens with zero attached hydrogens (tertiary/aromatic N) is 3. The molecule has 0 atom stereocenters. The number of rotatable bonds is 26. The maximum Gasteiger partial charge on any atom is 0.307 e. The summed E-state index contributed by atoms with van der Waals surface area (Å²) >= 11 is 0. The SMILES string of the molecule is C/C=C\COC(=O)CCN(CCC=O)CCCN(C)CCCN(CCC(=O)OC/C=C\C)CCC(=O)OC/C=C\C. The van der Waals surface area contributed by atoms with Gasteiger partial charge in [0.1, 0.15) is 26.1 Å². The van der Waals surface area contributed by atoms with Gasteiger partial charge < -0.3 is 33.7 Å². The number of carbonyl (C=O) groups excluding carboxylic acids is 4. The van der Waals surface area contributed by atoms with Crippen molar-refractivity contribution in [2.75, 3.05) is 79.2 Å². The highest BCUT2D eigenvalue weighted by Gasteiger charge is 2.13. The molecular formula is C31H53N3O7. The molecule has 234 valence electrons. The summed E-state index contributed by atoms with van der Waals surface area (Å²) in [6.45, 7) is 11.9. The summed E-state index contributed by atoms with van der Waals surface area (Å²) < 4.78 is 15.5. The highest BCUT2D eigenvalue weighted by Crippen LogP contribution is 2.03. The van der Waals surface area contributed by atoms with Gasteiger partial charge in [-0.15, -0.1) is 0 Å². The summed E-state index contributed by atoms with van der Waals surface area (Å²) in [7, 11) is 2.07. The number of esters is 3. The Hall–Kier alpha value is -2.82. The van der Waals surface area contributed by atoms with Crippen molar-refractivity contribution in [1.82, 2.24) is 14.7 Å². The van der Waals surface area contributed by atoms with E-state index in [1.54, 1.807) is 18.2 Å². The molecule has 10 nitrogen and oxygen atoms in total. The molecule has 0 N–H and O–H groups in total. The largest absolute Gasteiger partial charge is 0.461 e. The molecular weight excluding hydrogens is 526 g/mol. The fourth-order valence-electron chi connectivity index (χ4n) is 3.82. The highest BCUT2D eigenvalue weighted by molar-refractivity contribution is 5.70. The predicted octanol–water partition coefficient (Wildman–Crippen LogP) is 3.42. The molecule has 0 radical (unpaired) electrons. The molecule has 0 saturated carbocycles. The predicted molar refractivity (Wildman–Crippen MR) is 161 cm³/mol. The average molecular weight is 580 g/mol. The summed E-state index contributed by atoms with van der Waals surface area (Å²) in [5.41, 5.74) is 0. The Kier molecular flexibility index (Phi) is 25.5. The van der Waals surface area contributed by atoms with E-state index in [0.29, 0.717) is 39.0 Å². The first-order valence-corrected chi connectivity index (χ1v) is 14.7. The van der Waals surface area contributed by atoms with Gasteiger partial charge in [0.2, 0.25) is 0 Å². The fraction of sp³-hybridized carbons (Fsp3) is 0.677.